The van der Waals surface area contributed by atoms with Crippen LogP contribution in [0.2, 0.25) is 0 Å². The Morgan fingerprint density at radius 2 is 1.85 bits per heavy atom. The number of nitrogens with zero attached hydrogens (tertiary/aromatic N) is 1. The predicted octanol–water partition coefficient (Wildman–Crippen LogP) is 3.20. The Morgan fingerprint density at radius 3 is 2.38 bits per heavy atom. The second kappa shape index (κ2) is 9.82. The average molecular weight is 377 g/mol. The molecule has 0 aliphatic carbocycles. The molecule has 1 aromatic carbocycles. The van der Waals surface area contributed by atoms with Crippen molar-refractivity contribution in [2.45, 2.75) is 25.8 Å². The molecule has 26 heavy (non-hydrogen) atoms. The molecule has 0 bridgehead atoms. The summed E-state index contributed by atoms with van der Waals surface area (Å²) in [6.07, 6.45) is 1.82. The molecule has 1 aromatic heterocycles. The molecule has 0 spiro atoms. The van der Waals surface area contributed by atoms with Crippen LogP contribution in [-0.4, -0.2) is 42.6 Å². The molecule has 0 fully saturated rings. The largest absolute Gasteiger partial charge is 0.497 e. The molecule has 0 aliphatic heterocycles. The quantitative estimate of drug-likeness (QED) is 0.688. The summed E-state index contributed by atoms with van der Waals surface area (Å²) >= 11 is 1.66. The zero-order valence-corrected chi connectivity index (χ0v) is 15.8. The number of aryl methyl sites for hydroxylation is 1. The molecule has 1 heterocycles. The minimum Gasteiger partial charge on any atom is -0.497 e. The highest BCUT2D eigenvalue weighted by Crippen LogP contribution is 2.23. The van der Waals surface area contributed by atoms with E-state index < -0.39 is 5.97 Å². The summed E-state index contributed by atoms with van der Waals surface area (Å²) in [5.74, 6) is -0.0169. The maximum atomic E-state index is 12.5. The van der Waals surface area contributed by atoms with Gasteiger partial charge in [0.25, 0.3) is 0 Å². The van der Waals surface area contributed by atoms with Crippen molar-refractivity contribution in [3.05, 3.63) is 46.2 Å². The normalized spacial score (nSPS) is 10.4. The minimum absolute atomic E-state index is 0.175. The molecule has 7 heteroatoms. The van der Waals surface area contributed by atoms with Crippen molar-refractivity contribution in [3.8, 4) is 11.5 Å². The lowest BCUT2D eigenvalue weighted by Gasteiger charge is -2.21. The van der Waals surface area contributed by atoms with Gasteiger partial charge < -0.3 is 19.5 Å². The van der Waals surface area contributed by atoms with Gasteiger partial charge in [0.15, 0.2) is 0 Å². The molecule has 0 unspecified atom stereocenters. The number of carboxylic acids is 1. The maximum Gasteiger partial charge on any atom is 0.323 e. The number of carbonyl (C=O) groups excluding carboxylic acids is 1. The zero-order chi connectivity index (χ0) is 18.9. The Labute approximate surface area is 157 Å². The van der Waals surface area contributed by atoms with Crippen molar-refractivity contribution in [2.75, 3.05) is 20.8 Å². The molecule has 140 valence electrons. The Morgan fingerprint density at radius 1 is 1.15 bits per heavy atom. The van der Waals surface area contributed by atoms with Gasteiger partial charge >= 0.3 is 5.97 Å². The van der Waals surface area contributed by atoms with Gasteiger partial charge in [-0.2, -0.15) is 0 Å². The van der Waals surface area contributed by atoms with Gasteiger partial charge in [-0.05, 0) is 42.0 Å². The van der Waals surface area contributed by atoms with E-state index in [1.54, 1.807) is 43.8 Å². The number of hydrogen-bond donors (Lipinski definition) is 1. The van der Waals surface area contributed by atoms with Crippen molar-refractivity contribution in [3.63, 3.8) is 0 Å². The molecule has 0 radical (unpaired) electrons. The third-order valence-corrected chi connectivity index (χ3v) is 4.79. The first-order valence-electron chi connectivity index (χ1n) is 8.25. The molecule has 0 atom stereocenters. The summed E-state index contributed by atoms with van der Waals surface area (Å²) in [5, 5.41) is 11.2. The highest BCUT2D eigenvalue weighted by atomic mass is 32.1. The van der Waals surface area contributed by atoms with Crippen molar-refractivity contribution >= 4 is 23.2 Å². The number of hydrogen-bond acceptors (Lipinski definition) is 5. The molecular formula is C19H23NO5S. The average Bonchev–Trinajstić information content (AvgIpc) is 3.13. The smallest absolute Gasteiger partial charge is 0.323 e. The first-order valence-corrected chi connectivity index (χ1v) is 9.13. The van der Waals surface area contributed by atoms with E-state index in [-0.39, 0.29) is 19.0 Å². The van der Waals surface area contributed by atoms with Crippen LogP contribution in [0.4, 0.5) is 0 Å². The molecule has 0 saturated carbocycles. The molecule has 1 N–H and O–H groups in total. The number of carbonyl (C=O) groups is 2. The molecule has 2 aromatic rings. The third kappa shape index (κ3) is 6.07. The lowest BCUT2D eigenvalue weighted by molar-refractivity contribution is -0.144. The summed E-state index contributed by atoms with van der Waals surface area (Å²) in [7, 11) is 3.09. The molecule has 0 saturated heterocycles. The van der Waals surface area contributed by atoms with Crippen molar-refractivity contribution in [1.29, 1.82) is 0 Å². The molecule has 0 aliphatic rings. The lowest BCUT2D eigenvalue weighted by Crippen LogP contribution is -2.35. The fraction of sp³-hybridized carbons (Fsp3) is 0.368. The number of methoxy groups -OCH3 is 2. The van der Waals surface area contributed by atoms with E-state index in [0.717, 1.165) is 12.0 Å². The van der Waals surface area contributed by atoms with Gasteiger partial charge in [-0.25, -0.2) is 0 Å². The number of rotatable bonds is 10. The van der Waals surface area contributed by atoms with Crippen LogP contribution in [0, 0.1) is 0 Å². The van der Waals surface area contributed by atoms with Crippen molar-refractivity contribution in [2.24, 2.45) is 0 Å². The van der Waals surface area contributed by atoms with Crippen LogP contribution in [0.1, 0.15) is 23.3 Å². The van der Waals surface area contributed by atoms with Gasteiger partial charge in [0.1, 0.15) is 18.0 Å². The first-order chi connectivity index (χ1) is 12.5. The van der Waals surface area contributed by atoms with E-state index in [1.165, 1.54) is 9.78 Å². The SMILES string of the molecule is COc1cc(CN(CC(=O)O)C(=O)CCCc2cccs2)cc(OC)c1. The zero-order valence-electron chi connectivity index (χ0n) is 14.9. The van der Waals surface area contributed by atoms with Crippen LogP contribution in [-0.2, 0) is 22.6 Å². The number of aliphatic carboxylic acids is 1. The highest BCUT2D eigenvalue weighted by Gasteiger charge is 2.18. The first kappa shape index (κ1) is 19.8. The minimum atomic E-state index is -1.04. The van der Waals surface area contributed by atoms with Crippen LogP contribution in [0.15, 0.2) is 35.7 Å². The highest BCUT2D eigenvalue weighted by molar-refractivity contribution is 7.09. The second-order valence-electron chi connectivity index (χ2n) is 5.80. The molecular weight excluding hydrogens is 354 g/mol. The maximum absolute atomic E-state index is 12.5. The standard InChI is InChI=1S/C19H23NO5S/c1-24-15-9-14(10-16(11-15)25-2)12-20(13-19(22)23)18(21)7-3-5-17-6-4-8-26-17/h4,6,8-11H,3,5,7,12-13H2,1-2H3,(H,22,23). The van der Waals surface area contributed by atoms with Crippen LogP contribution in [0.25, 0.3) is 0 Å². The summed E-state index contributed by atoms with van der Waals surface area (Å²) in [6, 6.07) is 9.29. The van der Waals surface area contributed by atoms with Crippen LogP contribution < -0.4 is 9.47 Å². The van der Waals surface area contributed by atoms with Gasteiger partial charge in [0.2, 0.25) is 5.91 Å². The second-order valence-corrected chi connectivity index (χ2v) is 6.83. The van der Waals surface area contributed by atoms with Gasteiger partial charge in [0, 0.05) is 23.9 Å². The summed E-state index contributed by atoms with van der Waals surface area (Å²) in [4.78, 5) is 26.3. The number of benzene rings is 1. The fourth-order valence-corrected chi connectivity index (χ4v) is 3.35. The Hall–Kier alpha value is -2.54. The van der Waals surface area contributed by atoms with E-state index in [0.29, 0.717) is 24.3 Å². The van der Waals surface area contributed by atoms with Crippen LogP contribution >= 0.6 is 11.3 Å². The van der Waals surface area contributed by atoms with E-state index in [2.05, 4.69) is 0 Å². The van der Waals surface area contributed by atoms with Crippen molar-refractivity contribution in [1.82, 2.24) is 4.90 Å². The van der Waals surface area contributed by atoms with Gasteiger partial charge in [0.05, 0.1) is 14.2 Å². The van der Waals surface area contributed by atoms with E-state index >= 15 is 0 Å². The van der Waals surface area contributed by atoms with Crippen LogP contribution in [0.3, 0.4) is 0 Å². The lowest BCUT2D eigenvalue weighted by atomic mass is 10.1. The van der Waals surface area contributed by atoms with E-state index in [9.17, 15) is 9.59 Å². The van der Waals surface area contributed by atoms with E-state index in [1.807, 2.05) is 17.5 Å². The van der Waals surface area contributed by atoms with Crippen molar-refractivity contribution < 1.29 is 24.2 Å². The number of carboxylic acid groups (broad SMARTS) is 1. The number of thiophene rings is 1. The summed E-state index contributed by atoms with van der Waals surface area (Å²) in [6.45, 7) is -0.144. The molecule has 6 nitrogen and oxygen atoms in total. The Balaban J connectivity index is 2.03. The molecule has 2 rings (SSSR count). The summed E-state index contributed by atoms with van der Waals surface area (Å²) in [5.41, 5.74) is 0.758. The fourth-order valence-electron chi connectivity index (χ4n) is 2.60. The molecule has 1 amide bonds. The Kier molecular flexibility index (Phi) is 7.47. The Bertz CT molecular complexity index is 707. The van der Waals surface area contributed by atoms with Crippen LogP contribution in [0.5, 0.6) is 11.5 Å². The number of amides is 1. The predicted molar refractivity (Wildman–Crippen MR) is 99.9 cm³/mol. The topological polar surface area (TPSA) is 76.1 Å². The van der Waals surface area contributed by atoms with Gasteiger partial charge in [-0.3, -0.25) is 9.59 Å². The van der Waals surface area contributed by atoms with Gasteiger partial charge in [-0.1, -0.05) is 6.07 Å². The third-order valence-electron chi connectivity index (χ3n) is 3.86. The van der Waals surface area contributed by atoms with Gasteiger partial charge in [-0.15, -0.1) is 11.3 Å². The van der Waals surface area contributed by atoms with E-state index in [4.69, 9.17) is 14.6 Å². The summed E-state index contributed by atoms with van der Waals surface area (Å²) < 4.78 is 10.5. The number of ether oxygens (including phenoxy) is 2. The monoisotopic (exact) mass is 377 g/mol.